The van der Waals surface area contributed by atoms with Crippen molar-refractivity contribution in [1.29, 1.82) is 0 Å². The second-order valence-corrected chi connectivity index (χ2v) is 6.60. The molecule has 0 unspecified atom stereocenters. The number of hydrogen-bond donors (Lipinski definition) is 3. The number of rotatable bonds is 5. The van der Waals surface area contributed by atoms with Gasteiger partial charge in [-0.2, -0.15) is 0 Å². The normalized spacial score (nSPS) is 13.7. The zero-order chi connectivity index (χ0) is 20.1. The predicted molar refractivity (Wildman–Crippen MR) is 103 cm³/mol. The van der Waals surface area contributed by atoms with Gasteiger partial charge >= 0.3 is 0 Å². The Labute approximate surface area is 163 Å². The molecule has 2 aromatic rings. The summed E-state index contributed by atoms with van der Waals surface area (Å²) < 4.78 is 5.29. The SMILES string of the molecule is CNc1ccc([N+](=O)[O-])cc1C(=O)NNC(=O)c1csc(N2CCOCC2)n1. The van der Waals surface area contributed by atoms with Crippen LogP contribution in [-0.4, -0.2) is 55.1 Å². The molecule has 1 fully saturated rings. The maximum atomic E-state index is 12.4. The lowest BCUT2D eigenvalue weighted by molar-refractivity contribution is -0.384. The van der Waals surface area contributed by atoms with Gasteiger partial charge in [-0.05, 0) is 6.07 Å². The monoisotopic (exact) mass is 406 g/mol. The summed E-state index contributed by atoms with van der Waals surface area (Å²) in [6.45, 7) is 2.61. The van der Waals surface area contributed by atoms with Crippen molar-refractivity contribution in [3.8, 4) is 0 Å². The highest BCUT2D eigenvalue weighted by Crippen LogP contribution is 2.22. The minimum Gasteiger partial charge on any atom is -0.387 e. The Bertz CT molecular complexity index is 895. The van der Waals surface area contributed by atoms with Gasteiger partial charge in [-0.25, -0.2) is 4.98 Å². The number of carbonyl (C=O) groups is 2. The van der Waals surface area contributed by atoms with E-state index in [0.29, 0.717) is 37.1 Å². The molecule has 0 spiro atoms. The molecule has 0 radical (unpaired) electrons. The van der Waals surface area contributed by atoms with E-state index in [1.54, 1.807) is 12.4 Å². The number of anilines is 2. The van der Waals surface area contributed by atoms with Gasteiger partial charge in [-0.1, -0.05) is 0 Å². The fourth-order valence-electron chi connectivity index (χ4n) is 2.57. The topological polar surface area (TPSA) is 139 Å². The average Bonchev–Trinajstić information content (AvgIpc) is 3.22. The van der Waals surface area contributed by atoms with E-state index >= 15 is 0 Å². The number of aromatic nitrogens is 1. The van der Waals surface area contributed by atoms with E-state index in [1.807, 2.05) is 4.90 Å². The van der Waals surface area contributed by atoms with Gasteiger partial charge in [0, 0.05) is 43.3 Å². The molecular weight excluding hydrogens is 388 g/mol. The van der Waals surface area contributed by atoms with Crippen LogP contribution in [0.3, 0.4) is 0 Å². The maximum Gasteiger partial charge on any atom is 0.289 e. The predicted octanol–water partition coefficient (Wildman–Crippen LogP) is 1.00. The number of nitro groups is 1. The summed E-state index contributed by atoms with van der Waals surface area (Å²) in [4.78, 5) is 41.2. The first-order valence-electron chi connectivity index (χ1n) is 8.34. The molecule has 1 aromatic heterocycles. The number of nitrogens with one attached hydrogen (secondary N) is 3. The summed E-state index contributed by atoms with van der Waals surface area (Å²) in [5.41, 5.74) is 4.89. The standard InChI is InChI=1S/C16H18N6O5S/c1-17-12-3-2-10(22(25)26)8-11(12)14(23)19-20-15(24)13-9-28-16(18-13)21-4-6-27-7-5-21/h2-3,8-9,17H,4-7H2,1H3,(H,19,23)(H,20,24). The zero-order valence-electron chi connectivity index (χ0n) is 14.9. The minimum absolute atomic E-state index is 0.0317. The summed E-state index contributed by atoms with van der Waals surface area (Å²) in [5, 5.41) is 16.0. The number of hydrogen-bond acceptors (Lipinski definition) is 9. The number of hydrazine groups is 1. The fraction of sp³-hybridized carbons (Fsp3) is 0.312. The lowest BCUT2D eigenvalue weighted by Crippen LogP contribution is -2.42. The van der Waals surface area contributed by atoms with Crippen LogP contribution in [0.25, 0.3) is 0 Å². The summed E-state index contributed by atoms with van der Waals surface area (Å²) in [6, 6.07) is 3.83. The first-order chi connectivity index (χ1) is 13.5. The number of carbonyl (C=O) groups excluding carboxylic acids is 2. The number of nitro benzene ring substituents is 1. The molecular formula is C16H18N6O5S. The molecule has 1 saturated heterocycles. The van der Waals surface area contributed by atoms with Crippen LogP contribution in [0.4, 0.5) is 16.5 Å². The van der Waals surface area contributed by atoms with Gasteiger partial charge in [-0.3, -0.25) is 30.6 Å². The van der Waals surface area contributed by atoms with Crippen LogP contribution < -0.4 is 21.1 Å². The van der Waals surface area contributed by atoms with Gasteiger partial charge in [0.2, 0.25) is 0 Å². The quantitative estimate of drug-likeness (QED) is 0.494. The molecule has 1 aliphatic heterocycles. The number of thiazole rings is 1. The summed E-state index contributed by atoms with van der Waals surface area (Å²) in [7, 11) is 1.58. The van der Waals surface area contributed by atoms with E-state index < -0.39 is 16.7 Å². The Morgan fingerprint density at radius 3 is 2.64 bits per heavy atom. The molecule has 28 heavy (non-hydrogen) atoms. The largest absolute Gasteiger partial charge is 0.387 e. The Balaban J connectivity index is 1.64. The van der Waals surface area contributed by atoms with Crippen molar-refractivity contribution in [3.63, 3.8) is 0 Å². The summed E-state index contributed by atoms with van der Waals surface area (Å²) in [6.07, 6.45) is 0. The van der Waals surface area contributed by atoms with Crippen LogP contribution >= 0.6 is 11.3 Å². The maximum absolute atomic E-state index is 12.4. The fourth-order valence-corrected chi connectivity index (χ4v) is 3.42. The molecule has 11 nitrogen and oxygen atoms in total. The molecule has 12 heteroatoms. The third kappa shape index (κ3) is 4.35. The lowest BCUT2D eigenvalue weighted by Gasteiger charge is -2.25. The molecule has 2 heterocycles. The molecule has 1 aliphatic rings. The summed E-state index contributed by atoms with van der Waals surface area (Å²) in [5.74, 6) is -1.27. The average molecular weight is 406 g/mol. The van der Waals surface area contributed by atoms with Crippen LogP contribution in [-0.2, 0) is 4.74 Å². The third-order valence-electron chi connectivity index (χ3n) is 4.02. The van der Waals surface area contributed by atoms with Gasteiger partial charge in [0.25, 0.3) is 17.5 Å². The van der Waals surface area contributed by atoms with Crippen LogP contribution in [0, 0.1) is 10.1 Å². The minimum atomic E-state index is -0.690. The van der Waals surface area contributed by atoms with E-state index in [0.717, 1.165) is 6.07 Å². The Hall–Kier alpha value is -3.25. The molecule has 148 valence electrons. The van der Waals surface area contributed by atoms with Crippen molar-refractivity contribution in [2.24, 2.45) is 0 Å². The Morgan fingerprint density at radius 2 is 1.96 bits per heavy atom. The molecule has 2 amide bonds. The van der Waals surface area contributed by atoms with Crippen molar-refractivity contribution >= 4 is 39.7 Å². The van der Waals surface area contributed by atoms with Crippen LogP contribution in [0.5, 0.6) is 0 Å². The number of nitrogens with zero attached hydrogens (tertiary/aromatic N) is 3. The van der Waals surface area contributed by atoms with Crippen LogP contribution in [0.2, 0.25) is 0 Å². The zero-order valence-corrected chi connectivity index (χ0v) is 15.7. The number of amides is 2. The van der Waals surface area contributed by atoms with E-state index in [4.69, 9.17) is 4.74 Å². The Morgan fingerprint density at radius 1 is 1.25 bits per heavy atom. The Kier molecular flexibility index (Phi) is 6.01. The number of morpholine rings is 1. The number of ether oxygens (including phenoxy) is 1. The van der Waals surface area contributed by atoms with Crippen molar-refractivity contribution in [3.05, 3.63) is 45.0 Å². The number of non-ortho nitro benzene ring substituents is 1. The van der Waals surface area contributed by atoms with E-state index in [2.05, 4.69) is 21.2 Å². The smallest absolute Gasteiger partial charge is 0.289 e. The first-order valence-corrected chi connectivity index (χ1v) is 9.22. The van der Waals surface area contributed by atoms with Gasteiger partial charge in [-0.15, -0.1) is 11.3 Å². The van der Waals surface area contributed by atoms with Gasteiger partial charge in [0.05, 0.1) is 23.7 Å². The van der Waals surface area contributed by atoms with Crippen molar-refractivity contribution in [1.82, 2.24) is 15.8 Å². The van der Waals surface area contributed by atoms with Crippen molar-refractivity contribution < 1.29 is 19.2 Å². The highest BCUT2D eigenvalue weighted by molar-refractivity contribution is 7.13. The van der Waals surface area contributed by atoms with Crippen molar-refractivity contribution in [2.75, 3.05) is 43.6 Å². The van der Waals surface area contributed by atoms with Gasteiger partial charge < -0.3 is 15.0 Å². The summed E-state index contributed by atoms with van der Waals surface area (Å²) >= 11 is 1.33. The van der Waals surface area contributed by atoms with Crippen LogP contribution in [0.1, 0.15) is 20.8 Å². The highest BCUT2D eigenvalue weighted by Gasteiger charge is 2.20. The molecule has 3 rings (SSSR count). The lowest BCUT2D eigenvalue weighted by atomic mass is 10.1. The molecule has 0 bridgehead atoms. The number of benzene rings is 1. The van der Waals surface area contributed by atoms with Gasteiger partial charge in [0.1, 0.15) is 5.69 Å². The molecule has 1 aromatic carbocycles. The second-order valence-electron chi connectivity index (χ2n) is 5.76. The van der Waals surface area contributed by atoms with Crippen molar-refractivity contribution in [2.45, 2.75) is 0 Å². The molecule has 0 aliphatic carbocycles. The van der Waals surface area contributed by atoms with E-state index in [9.17, 15) is 19.7 Å². The highest BCUT2D eigenvalue weighted by atomic mass is 32.1. The molecule has 0 saturated carbocycles. The molecule has 3 N–H and O–H groups in total. The van der Waals surface area contributed by atoms with Crippen LogP contribution in [0.15, 0.2) is 23.6 Å². The van der Waals surface area contributed by atoms with Gasteiger partial charge in [0.15, 0.2) is 5.13 Å². The first kappa shape index (κ1) is 19.5. The van der Waals surface area contributed by atoms with E-state index in [1.165, 1.54) is 23.5 Å². The third-order valence-corrected chi connectivity index (χ3v) is 4.93. The second kappa shape index (κ2) is 8.63. The van der Waals surface area contributed by atoms with E-state index in [-0.39, 0.29) is 16.9 Å². The molecule has 0 atom stereocenters.